The number of hydrogen-bond donors (Lipinski definition) is 2. The summed E-state index contributed by atoms with van der Waals surface area (Å²) >= 11 is 1.60. The number of nitrogens with one attached hydrogen (secondary N) is 2. The SMILES string of the molecule is O=C(NCc1ccsc1)c1cnc2c(c1)N(CC1CCOCC1)C(=O)CN2. The number of fused-ring (bicyclic) bond motifs is 1. The second-order valence-electron chi connectivity index (χ2n) is 6.82. The van der Waals surface area contributed by atoms with Gasteiger partial charge in [0, 0.05) is 32.5 Å². The Kier molecular flexibility index (Phi) is 5.35. The summed E-state index contributed by atoms with van der Waals surface area (Å²) in [5.74, 6) is 0.868. The Morgan fingerprint density at radius 3 is 3.04 bits per heavy atom. The molecule has 0 unspecified atom stereocenters. The van der Waals surface area contributed by atoms with Crippen molar-refractivity contribution < 1.29 is 14.3 Å². The molecule has 0 aromatic carbocycles. The van der Waals surface area contributed by atoms with E-state index in [1.807, 2.05) is 16.8 Å². The van der Waals surface area contributed by atoms with E-state index in [4.69, 9.17) is 4.74 Å². The minimum atomic E-state index is -0.194. The summed E-state index contributed by atoms with van der Waals surface area (Å²) < 4.78 is 5.41. The Labute approximate surface area is 161 Å². The molecule has 2 aromatic rings. The van der Waals surface area contributed by atoms with Gasteiger partial charge in [-0.2, -0.15) is 11.3 Å². The first-order valence-corrected chi connectivity index (χ1v) is 10.1. The van der Waals surface area contributed by atoms with E-state index < -0.39 is 0 Å². The lowest BCUT2D eigenvalue weighted by Crippen LogP contribution is -2.44. The molecule has 4 heterocycles. The average molecular weight is 386 g/mol. The van der Waals surface area contributed by atoms with E-state index in [1.165, 1.54) is 0 Å². The fourth-order valence-electron chi connectivity index (χ4n) is 3.37. The number of amides is 2. The highest BCUT2D eigenvalue weighted by Crippen LogP contribution is 2.30. The predicted molar refractivity (Wildman–Crippen MR) is 104 cm³/mol. The molecule has 7 nitrogen and oxygen atoms in total. The summed E-state index contributed by atoms with van der Waals surface area (Å²) in [4.78, 5) is 31.2. The van der Waals surface area contributed by atoms with Gasteiger partial charge in [-0.25, -0.2) is 4.98 Å². The van der Waals surface area contributed by atoms with Crippen molar-refractivity contribution >= 4 is 34.7 Å². The number of pyridine rings is 1. The van der Waals surface area contributed by atoms with Crippen molar-refractivity contribution in [3.05, 3.63) is 40.2 Å². The number of nitrogens with zero attached hydrogens (tertiary/aromatic N) is 2. The molecule has 2 aliphatic heterocycles. The maximum atomic E-state index is 12.5. The highest BCUT2D eigenvalue weighted by Gasteiger charge is 2.29. The second-order valence-corrected chi connectivity index (χ2v) is 7.60. The van der Waals surface area contributed by atoms with E-state index in [1.54, 1.807) is 28.5 Å². The molecular weight excluding hydrogens is 364 g/mol. The molecule has 0 atom stereocenters. The van der Waals surface area contributed by atoms with Crippen LogP contribution in [0.4, 0.5) is 11.5 Å². The summed E-state index contributed by atoms with van der Waals surface area (Å²) in [5, 5.41) is 9.93. The fourth-order valence-corrected chi connectivity index (χ4v) is 4.04. The summed E-state index contributed by atoms with van der Waals surface area (Å²) in [5.41, 5.74) is 2.20. The molecule has 0 bridgehead atoms. The third-order valence-corrected chi connectivity index (χ3v) is 5.68. The lowest BCUT2D eigenvalue weighted by Gasteiger charge is -2.33. The molecule has 0 aliphatic carbocycles. The third-order valence-electron chi connectivity index (χ3n) is 4.94. The fraction of sp³-hybridized carbons (Fsp3) is 0.421. The van der Waals surface area contributed by atoms with Crippen LogP contribution in [0.5, 0.6) is 0 Å². The number of hydrogen-bond acceptors (Lipinski definition) is 6. The average Bonchev–Trinajstić information content (AvgIpc) is 3.22. The zero-order valence-electron chi connectivity index (χ0n) is 14.9. The normalized spacial score (nSPS) is 17.3. The van der Waals surface area contributed by atoms with Crippen LogP contribution in [-0.4, -0.2) is 43.1 Å². The largest absolute Gasteiger partial charge is 0.381 e. The Bertz CT molecular complexity index is 818. The van der Waals surface area contributed by atoms with Crippen molar-refractivity contribution in [3.63, 3.8) is 0 Å². The van der Waals surface area contributed by atoms with Gasteiger partial charge in [0.25, 0.3) is 5.91 Å². The number of rotatable bonds is 5. The van der Waals surface area contributed by atoms with Gasteiger partial charge in [-0.05, 0) is 47.2 Å². The number of thiophene rings is 1. The summed E-state index contributed by atoms with van der Waals surface area (Å²) in [6.07, 6.45) is 3.44. The second kappa shape index (κ2) is 8.06. The van der Waals surface area contributed by atoms with Gasteiger partial charge in [0.2, 0.25) is 5.91 Å². The monoisotopic (exact) mass is 386 g/mol. The van der Waals surface area contributed by atoms with Gasteiger partial charge in [0.1, 0.15) is 5.82 Å². The number of carbonyl (C=O) groups excluding carboxylic acids is 2. The molecule has 8 heteroatoms. The van der Waals surface area contributed by atoms with Gasteiger partial charge in [-0.15, -0.1) is 0 Å². The van der Waals surface area contributed by atoms with Crippen molar-refractivity contribution in [1.82, 2.24) is 10.3 Å². The van der Waals surface area contributed by atoms with Crippen LogP contribution in [-0.2, 0) is 16.1 Å². The first-order valence-electron chi connectivity index (χ1n) is 9.12. The van der Waals surface area contributed by atoms with Crippen molar-refractivity contribution in [2.75, 3.05) is 36.5 Å². The molecule has 142 valence electrons. The molecule has 2 amide bonds. The summed E-state index contributed by atoms with van der Waals surface area (Å²) in [6.45, 7) is 2.82. The zero-order chi connectivity index (χ0) is 18.6. The number of aromatic nitrogens is 1. The first-order chi connectivity index (χ1) is 13.2. The lowest BCUT2D eigenvalue weighted by molar-refractivity contribution is -0.117. The number of carbonyl (C=O) groups is 2. The first kappa shape index (κ1) is 17.9. The summed E-state index contributed by atoms with van der Waals surface area (Å²) in [7, 11) is 0. The Morgan fingerprint density at radius 1 is 1.41 bits per heavy atom. The van der Waals surface area contributed by atoms with E-state index in [0.717, 1.165) is 31.6 Å². The maximum absolute atomic E-state index is 12.5. The molecule has 1 saturated heterocycles. The molecule has 4 rings (SSSR count). The van der Waals surface area contributed by atoms with Crippen LogP contribution in [0.1, 0.15) is 28.8 Å². The molecule has 0 spiro atoms. The standard InChI is InChI=1S/C19H22N4O3S/c24-17-10-21-18-16(23(17)11-13-1-4-26-5-2-13)7-15(9-20-18)19(25)22-8-14-3-6-27-12-14/h3,6-7,9,12-13H,1-2,4-5,8,10-11H2,(H,20,21)(H,22,25). The highest BCUT2D eigenvalue weighted by molar-refractivity contribution is 7.07. The Hall–Kier alpha value is -2.45. The molecule has 2 N–H and O–H groups in total. The minimum Gasteiger partial charge on any atom is -0.381 e. The van der Waals surface area contributed by atoms with Crippen molar-refractivity contribution in [2.45, 2.75) is 19.4 Å². The summed E-state index contributed by atoms with van der Waals surface area (Å²) in [6, 6.07) is 3.74. The predicted octanol–water partition coefficient (Wildman–Crippen LogP) is 2.26. The molecule has 1 fully saturated rings. The number of anilines is 2. The highest BCUT2D eigenvalue weighted by atomic mass is 32.1. The van der Waals surface area contributed by atoms with Gasteiger partial charge in [0.05, 0.1) is 17.8 Å². The zero-order valence-corrected chi connectivity index (χ0v) is 15.8. The Balaban J connectivity index is 1.51. The van der Waals surface area contributed by atoms with Crippen molar-refractivity contribution in [2.24, 2.45) is 5.92 Å². The van der Waals surface area contributed by atoms with Gasteiger partial charge >= 0.3 is 0 Å². The van der Waals surface area contributed by atoms with Gasteiger partial charge in [-0.3, -0.25) is 9.59 Å². The topological polar surface area (TPSA) is 83.6 Å². The van der Waals surface area contributed by atoms with Crippen molar-refractivity contribution in [1.29, 1.82) is 0 Å². The molecular formula is C19H22N4O3S. The molecule has 0 radical (unpaired) electrons. The van der Waals surface area contributed by atoms with E-state index >= 15 is 0 Å². The van der Waals surface area contributed by atoms with Crippen molar-refractivity contribution in [3.8, 4) is 0 Å². The van der Waals surface area contributed by atoms with Crippen LogP contribution in [0.15, 0.2) is 29.1 Å². The van der Waals surface area contributed by atoms with Crippen LogP contribution in [0.3, 0.4) is 0 Å². The van der Waals surface area contributed by atoms with E-state index in [0.29, 0.717) is 36.1 Å². The van der Waals surface area contributed by atoms with Gasteiger partial charge < -0.3 is 20.3 Å². The third kappa shape index (κ3) is 4.12. The molecule has 0 saturated carbocycles. The van der Waals surface area contributed by atoms with Gasteiger partial charge in [0.15, 0.2) is 0 Å². The van der Waals surface area contributed by atoms with Crippen LogP contribution >= 0.6 is 11.3 Å². The van der Waals surface area contributed by atoms with Gasteiger partial charge in [-0.1, -0.05) is 0 Å². The quantitative estimate of drug-likeness (QED) is 0.824. The molecule has 2 aliphatic rings. The maximum Gasteiger partial charge on any atom is 0.253 e. The minimum absolute atomic E-state index is 0.00613. The van der Waals surface area contributed by atoms with Crippen LogP contribution in [0.25, 0.3) is 0 Å². The van der Waals surface area contributed by atoms with E-state index in [2.05, 4.69) is 15.6 Å². The van der Waals surface area contributed by atoms with E-state index in [9.17, 15) is 9.59 Å². The van der Waals surface area contributed by atoms with E-state index in [-0.39, 0.29) is 18.4 Å². The van der Waals surface area contributed by atoms with Crippen LogP contribution < -0.4 is 15.5 Å². The van der Waals surface area contributed by atoms with Crippen LogP contribution in [0, 0.1) is 5.92 Å². The molecule has 2 aromatic heterocycles. The smallest absolute Gasteiger partial charge is 0.253 e. The Morgan fingerprint density at radius 2 is 2.26 bits per heavy atom. The van der Waals surface area contributed by atoms with Crippen LogP contribution in [0.2, 0.25) is 0 Å². The molecule has 27 heavy (non-hydrogen) atoms. The number of ether oxygens (including phenoxy) is 1. The lowest BCUT2D eigenvalue weighted by atomic mass is 9.99.